The first-order valence-corrected chi connectivity index (χ1v) is 8.85. The molecule has 2 heterocycles. The minimum atomic E-state index is -0.0428. The van der Waals surface area contributed by atoms with E-state index in [0.717, 1.165) is 22.0 Å². The number of aromatic nitrogens is 2. The summed E-state index contributed by atoms with van der Waals surface area (Å²) in [6.07, 6.45) is 4.14. The predicted molar refractivity (Wildman–Crippen MR) is 89.4 cm³/mol. The molecule has 0 radical (unpaired) electrons. The lowest BCUT2D eigenvalue weighted by molar-refractivity contribution is 0.0932. The fourth-order valence-electron chi connectivity index (χ4n) is 2.53. The first-order chi connectivity index (χ1) is 11.1. The van der Waals surface area contributed by atoms with Crippen LogP contribution in [0.3, 0.4) is 0 Å². The van der Waals surface area contributed by atoms with Gasteiger partial charge < -0.3 is 9.84 Å². The molecule has 1 fully saturated rings. The Morgan fingerprint density at radius 1 is 1.48 bits per heavy atom. The molecule has 1 N–H and O–H groups in total. The summed E-state index contributed by atoms with van der Waals surface area (Å²) in [6.45, 7) is 5.90. The second-order valence-corrected chi connectivity index (χ2v) is 7.01. The zero-order chi connectivity index (χ0) is 16.4. The second kappa shape index (κ2) is 6.74. The van der Waals surface area contributed by atoms with Crippen molar-refractivity contribution in [2.24, 2.45) is 5.92 Å². The maximum atomic E-state index is 12.5. The number of nitrogens with zero attached hydrogens (tertiary/aromatic N) is 2. The van der Waals surface area contributed by atoms with Crippen LogP contribution in [0.15, 0.2) is 27.9 Å². The Hall–Kier alpha value is -1.82. The first kappa shape index (κ1) is 16.1. The van der Waals surface area contributed by atoms with Crippen LogP contribution in [0.4, 0.5) is 0 Å². The van der Waals surface area contributed by atoms with Crippen LogP contribution >= 0.6 is 11.8 Å². The molecular weight excluding hydrogens is 310 g/mol. The first-order valence-electron chi connectivity index (χ1n) is 7.86. The van der Waals surface area contributed by atoms with Crippen molar-refractivity contribution >= 4 is 17.7 Å². The van der Waals surface area contributed by atoms with Crippen molar-refractivity contribution in [3.63, 3.8) is 0 Å². The predicted octanol–water partition coefficient (Wildman–Crippen LogP) is 3.51. The van der Waals surface area contributed by atoms with Crippen molar-refractivity contribution in [1.29, 1.82) is 0 Å². The molecule has 0 aromatic carbocycles. The highest BCUT2D eigenvalue weighted by Gasteiger charge is 2.29. The maximum absolute atomic E-state index is 12.5. The van der Waals surface area contributed by atoms with Crippen molar-refractivity contribution in [2.45, 2.75) is 50.4 Å². The molecule has 0 spiro atoms. The van der Waals surface area contributed by atoms with Crippen molar-refractivity contribution in [1.82, 2.24) is 15.5 Å². The van der Waals surface area contributed by atoms with Crippen LogP contribution in [-0.2, 0) is 5.75 Å². The molecule has 1 amide bonds. The van der Waals surface area contributed by atoms with Gasteiger partial charge in [-0.2, -0.15) is 0 Å². The molecule has 0 bridgehead atoms. The number of rotatable bonds is 6. The van der Waals surface area contributed by atoms with Gasteiger partial charge >= 0.3 is 0 Å². The number of carbonyl (C=O) groups excluding carboxylic acids is 1. The summed E-state index contributed by atoms with van der Waals surface area (Å²) in [7, 11) is 0. The highest BCUT2D eigenvalue weighted by Crippen LogP contribution is 2.33. The standard InChI is InChI=1S/C17H21N3O2S/c1-10(13-6-7-13)19-16(21)14-5-4-8-18-17(14)23-9-15-11(2)20-22-12(15)3/h4-5,8,10,13H,6-7,9H2,1-3H3,(H,19,21). The Morgan fingerprint density at radius 2 is 2.26 bits per heavy atom. The van der Waals surface area contributed by atoms with E-state index < -0.39 is 0 Å². The molecule has 2 aromatic heterocycles. The number of hydrogen-bond donors (Lipinski definition) is 1. The summed E-state index contributed by atoms with van der Waals surface area (Å²) < 4.78 is 5.18. The monoisotopic (exact) mass is 331 g/mol. The molecule has 1 saturated carbocycles. The third kappa shape index (κ3) is 3.75. The number of aryl methyl sites for hydroxylation is 2. The fourth-order valence-corrected chi connectivity index (χ4v) is 3.67. The second-order valence-electron chi connectivity index (χ2n) is 6.05. The lowest BCUT2D eigenvalue weighted by Gasteiger charge is -2.14. The molecule has 3 rings (SSSR count). The van der Waals surface area contributed by atoms with E-state index in [0.29, 0.717) is 17.2 Å². The largest absolute Gasteiger partial charge is 0.361 e. The Balaban J connectivity index is 1.71. The highest BCUT2D eigenvalue weighted by molar-refractivity contribution is 7.98. The summed E-state index contributed by atoms with van der Waals surface area (Å²) in [5.41, 5.74) is 2.59. The zero-order valence-electron chi connectivity index (χ0n) is 13.6. The summed E-state index contributed by atoms with van der Waals surface area (Å²) >= 11 is 1.54. The van der Waals surface area contributed by atoms with Gasteiger partial charge in [-0.1, -0.05) is 5.16 Å². The number of carbonyl (C=O) groups is 1. The Kier molecular flexibility index (Phi) is 4.71. The topological polar surface area (TPSA) is 68.0 Å². The Bertz CT molecular complexity index is 690. The lowest BCUT2D eigenvalue weighted by atomic mass is 10.2. The molecule has 2 aromatic rings. The van der Waals surface area contributed by atoms with Gasteiger partial charge in [0, 0.05) is 23.6 Å². The zero-order valence-corrected chi connectivity index (χ0v) is 14.4. The van der Waals surface area contributed by atoms with Gasteiger partial charge in [-0.05, 0) is 51.7 Å². The van der Waals surface area contributed by atoms with E-state index in [9.17, 15) is 4.79 Å². The third-order valence-corrected chi connectivity index (χ3v) is 5.27. The van der Waals surface area contributed by atoms with Crippen molar-refractivity contribution in [2.75, 3.05) is 0 Å². The summed E-state index contributed by atoms with van der Waals surface area (Å²) in [4.78, 5) is 16.9. The van der Waals surface area contributed by atoms with Crippen LogP contribution < -0.4 is 5.32 Å². The normalized spacial score (nSPS) is 15.4. The quantitative estimate of drug-likeness (QED) is 0.821. The summed E-state index contributed by atoms with van der Waals surface area (Å²) in [5, 5.41) is 7.80. The van der Waals surface area contributed by atoms with E-state index >= 15 is 0 Å². The molecule has 0 aliphatic heterocycles. The van der Waals surface area contributed by atoms with E-state index in [1.54, 1.807) is 24.0 Å². The molecule has 122 valence electrons. The fraction of sp³-hybridized carbons (Fsp3) is 0.471. The van der Waals surface area contributed by atoms with E-state index in [-0.39, 0.29) is 11.9 Å². The molecule has 5 nitrogen and oxygen atoms in total. The Morgan fingerprint density at radius 3 is 2.91 bits per heavy atom. The average molecular weight is 331 g/mol. The number of pyridine rings is 1. The number of thioether (sulfide) groups is 1. The minimum Gasteiger partial charge on any atom is -0.361 e. The summed E-state index contributed by atoms with van der Waals surface area (Å²) in [6, 6.07) is 3.86. The van der Waals surface area contributed by atoms with Crippen LogP contribution in [0.2, 0.25) is 0 Å². The van der Waals surface area contributed by atoms with E-state index in [1.165, 1.54) is 12.8 Å². The van der Waals surface area contributed by atoms with Gasteiger partial charge in [0.05, 0.1) is 11.3 Å². The SMILES string of the molecule is Cc1noc(C)c1CSc1ncccc1C(=O)NC(C)C1CC1. The van der Waals surface area contributed by atoms with Crippen LogP contribution in [-0.4, -0.2) is 22.1 Å². The van der Waals surface area contributed by atoms with Crippen LogP contribution in [0, 0.1) is 19.8 Å². The van der Waals surface area contributed by atoms with Gasteiger partial charge in [-0.25, -0.2) is 4.98 Å². The van der Waals surface area contributed by atoms with Crippen molar-refractivity contribution in [3.8, 4) is 0 Å². The molecule has 1 unspecified atom stereocenters. The Labute approximate surface area is 140 Å². The number of amides is 1. The van der Waals surface area contributed by atoms with E-state index in [1.807, 2.05) is 19.9 Å². The van der Waals surface area contributed by atoms with Gasteiger partial charge in [0.15, 0.2) is 0 Å². The highest BCUT2D eigenvalue weighted by atomic mass is 32.2. The smallest absolute Gasteiger partial charge is 0.254 e. The van der Waals surface area contributed by atoms with Crippen molar-refractivity contribution < 1.29 is 9.32 Å². The third-order valence-electron chi connectivity index (χ3n) is 4.24. The minimum absolute atomic E-state index is 0.0428. The van der Waals surface area contributed by atoms with Gasteiger partial charge in [-0.15, -0.1) is 11.8 Å². The molecule has 23 heavy (non-hydrogen) atoms. The average Bonchev–Trinajstić information content (AvgIpc) is 3.33. The van der Waals surface area contributed by atoms with Crippen LogP contribution in [0.25, 0.3) is 0 Å². The van der Waals surface area contributed by atoms with Crippen LogP contribution in [0.5, 0.6) is 0 Å². The van der Waals surface area contributed by atoms with E-state index in [4.69, 9.17) is 4.52 Å². The number of nitrogens with one attached hydrogen (secondary N) is 1. The molecular formula is C17H21N3O2S. The van der Waals surface area contributed by atoms with E-state index in [2.05, 4.69) is 22.4 Å². The van der Waals surface area contributed by atoms with Gasteiger partial charge in [0.25, 0.3) is 5.91 Å². The van der Waals surface area contributed by atoms with Crippen molar-refractivity contribution in [3.05, 3.63) is 40.9 Å². The maximum Gasteiger partial charge on any atom is 0.254 e. The van der Waals surface area contributed by atoms with Gasteiger partial charge in [0.1, 0.15) is 10.8 Å². The van der Waals surface area contributed by atoms with Gasteiger partial charge in [0.2, 0.25) is 0 Å². The molecule has 1 atom stereocenters. The number of hydrogen-bond acceptors (Lipinski definition) is 5. The lowest BCUT2D eigenvalue weighted by Crippen LogP contribution is -2.34. The molecule has 1 aliphatic rings. The summed E-state index contributed by atoms with van der Waals surface area (Å²) in [5.74, 6) is 2.10. The van der Waals surface area contributed by atoms with Crippen LogP contribution in [0.1, 0.15) is 47.1 Å². The van der Waals surface area contributed by atoms with Gasteiger partial charge in [-0.3, -0.25) is 4.79 Å². The molecule has 0 saturated heterocycles. The molecule has 6 heteroatoms. The molecule has 1 aliphatic carbocycles.